The molecule has 15 heavy (non-hydrogen) atoms. The molecule has 3 nitrogen and oxygen atoms in total. The minimum atomic E-state index is 0.735. The van der Waals surface area contributed by atoms with Crippen LogP contribution in [0.4, 0.5) is 0 Å². The van der Waals surface area contributed by atoms with Crippen molar-refractivity contribution in [3.05, 3.63) is 0 Å². The molecule has 2 aliphatic rings. The van der Waals surface area contributed by atoms with Gasteiger partial charge in [-0.15, -0.1) is 0 Å². The molecule has 88 valence electrons. The molecule has 0 spiro atoms. The van der Waals surface area contributed by atoms with Crippen molar-refractivity contribution in [2.24, 2.45) is 5.73 Å². The molecule has 0 amide bonds. The minimum Gasteiger partial charge on any atom is -0.330 e. The molecule has 1 saturated heterocycles. The zero-order valence-corrected chi connectivity index (χ0v) is 9.91. The van der Waals surface area contributed by atoms with Crippen LogP contribution in [-0.2, 0) is 0 Å². The number of likely N-dealkylation sites (tertiary alicyclic amines) is 1. The predicted molar refractivity (Wildman–Crippen MR) is 63.9 cm³/mol. The summed E-state index contributed by atoms with van der Waals surface area (Å²) >= 11 is 0. The van der Waals surface area contributed by atoms with Gasteiger partial charge in [-0.25, -0.2) is 0 Å². The molecule has 2 rings (SSSR count). The van der Waals surface area contributed by atoms with E-state index in [9.17, 15) is 0 Å². The Labute approximate surface area is 93.4 Å². The normalized spacial score (nSPS) is 32.4. The van der Waals surface area contributed by atoms with Crippen molar-refractivity contribution in [2.75, 3.05) is 19.6 Å². The Bertz CT molecular complexity index is 191. The van der Waals surface area contributed by atoms with Crippen molar-refractivity contribution >= 4 is 0 Å². The number of rotatable bonds is 6. The molecule has 2 atom stereocenters. The van der Waals surface area contributed by atoms with E-state index in [1.54, 1.807) is 0 Å². The van der Waals surface area contributed by atoms with Gasteiger partial charge in [-0.3, -0.25) is 4.90 Å². The maximum absolute atomic E-state index is 5.48. The van der Waals surface area contributed by atoms with Gasteiger partial charge in [-0.05, 0) is 52.1 Å². The van der Waals surface area contributed by atoms with Gasteiger partial charge in [0.2, 0.25) is 0 Å². The van der Waals surface area contributed by atoms with Crippen LogP contribution in [0.5, 0.6) is 0 Å². The second-order valence-electron chi connectivity index (χ2n) is 5.16. The van der Waals surface area contributed by atoms with E-state index in [1.165, 1.54) is 32.2 Å². The largest absolute Gasteiger partial charge is 0.330 e. The van der Waals surface area contributed by atoms with E-state index in [-0.39, 0.29) is 0 Å². The van der Waals surface area contributed by atoms with Gasteiger partial charge >= 0.3 is 0 Å². The summed E-state index contributed by atoms with van der Waals surface area (Å²) in [7, 11) is 0. The van der Waals surface area contributed by atoms with Crippen molar-refractivity contribution in [2.45, 2.75) is 57.2 Å². The third kappa shape index (κ3) is 3.16. The predicted octanol–water partition coefficient (Wildman–Crippen LogP) is 0.940. The molecular weight excluding hydrogens is 186 g/mol. The monoisotopic (exact) mass is 211 g/mol. The first-order valence-electron chi connectivity index (χ1n) is 6.50. The highest BCUT2D eigenvalue weighted by Gasteiger charge is 2.38. The van der Waals surface area contributed by atoms with Crippen LogP contribution in [0.3, 0.4) is 0 Å². The molecule has 0 bridgehead atoms. The second kappa shape index (κ2) is 5.28. The van der Waals surface area contributed by atoms with Crippen LogP contribution < -0.4 is 11.1 Å². The quantitative estimate of drug-likeness (QED) is 0.643. The molecule has 1 aliphatic carbocycles. The number of nitrogens with zero attached hydrogens (tertiary/aromatic N) is 1. The van der Waals surface area contributed by atoms with Crippen LogP contribution >= 0.6 is 0 Å². The van der Waals surface area contributed by atoms with Gasteiger partial charge in [-0.1, -0.05) is 0 Å². The molecule has 0 radical (unpaired) electrons. The molecular formula is C12H25N3. The van der Waals surface area contributed by atoms with Crippen molar-refractivity contribution in [3.8, 4) is 0 Å². The Morgan fingerprint density at radius 1 is 1.33 bits per heavy atom. The zero-order chi connectivity index (χ0) is 10.7. The third-order valence-electron chi connectivity index (χ3n) is 3.70. The summed E-state index contributed by atoms with van der Waals surface area (Å²) in [6.45, 7) is 5.62. The smallest absolute Gasteiger partial charge is 0.0210 e. The van der Waals surface area contributed by atoms with Gasteiger partial charge in [0.15, 0.2) is 0 Å². The number of unbranched alkanes of at least 4 members (excludes halogenated alkanes) is 1. The lowest BCUT2D eigenvalue weighted by molar-refractivity contribution is 0.255. The third-order valence-corrected chi connectivity index (χ3v) is 3.70. The van der Waals surface area contributed by atoms with E-state index in [2.05, 4.69) is 17.1 Å². The Hall–Kier alpha value is -0.120. The fourth-order valence-electron chi connectivity index (χ4n) is 2.69. The van der Waals surface area contributed by atoms with Crippen molar-refractivity contribution < 1.29 is 0 Å². The van der Waals surface area contributed by atoms with Gasteiger partial charge < -0.3 is 11.1 Å². The van der Waals surface area contributed by atoms with Crippen molar-refractivity contribution in [1.82, 2.24) is 10.2 Å². The molecule has 0 aromatic rings. The van der Waals surface area contributed by atoms with Crippen LogP contribution in [0.1, 0.15) is 39.0 Å². The molecule has 2 unspecified atom stereocenters. The van der Waals surface area contributed by atoms with E-state index >= 15 is 0 Å². The number of hydrogen-bond donors (Lipinski definition) is 2. The highest BCUT2D eigenvalue weighted by atomic mass is 15.3. The number of nitrogens with one attached hydrogen (secondary N) is 1. The summed E-state index contributed by atoms with van der Waals surface area (Å²) in [4.78, 5) is 2.70. The second-order valence-corrected chi connectivity index (χ2v) is 5.16. The molecule has 1 heterocycles. The lowest BCUT2D eigenvalue weighted by atomic mass is 10.2. The molecule has 1 saturated carbocycles. The van der Waals surface area contributed by atoms with Crippen LogP contribution in [-0.4, -0.2) is 42.7 Å². The summed E-state index contributed by atoms with van der Waals surface area (Å²) in [5.41, 5.74) is 5.48. The average Bonchev–Trinajstić information content (AvgIpc) is 2.99. The molecule has 0 aromatic carbocycles. The van der Waals surface area contributed by atoms with E-state index < -0.39 is 0 Å². The van der Waals surface area contributed by atoms with Crippen LogP contribution in [0.15, 0.2) is 0 Å². The first kappa shape index (κ1) is 11.4. The maximum Gasteiger partial charge on any atom is 0.0210 e. The molecule has 3 N–H and O–H groups in total. The standard InChI is InChI=1S/C12H25N3/c1-10-8-11(14-7-3-2-6-13)9-15(10)12-4-5-12/h10-12,14H,2-9,13H2,1H3. The van der Waals surface area contributed by atoms with Gasteiger partial charge in [0.05, 0.1) is 0 Å². The minimum absolute atomic E-state index is 0.735. The lowest BCUT2D eigenvalue weighted by Gasteiger charge is -2.19. The summed E-state index contributed by atoms with van der Waals surface area (Å²) < 4.78 is 0. The molecule has 1 aliphatic heterocycles. The fraction of sp³-hybridized carbons (Fsp3) is 1.00. The highest BCUT2D eigenvalue weighted by Crippen LogP contribution is 2.33. The average molecular weight is 211 g/mol. The van der Waals surface area contributed by atoms with Crippen molar-refractivity contribution in [3.63, 3.8) is 0 Å². The first-order chi connectivity index (χ1) is 7.31. The Kier molecular flexibility index (Phi) is 4.00. The SMILES string of the molecule is CC1CC(NCCCCN)CN1C1CC1. The van der Waals surface area contributed by atoms with Crippen LogP contribution in [0, 0.1) is 0 Å². The lowest BCUT2D eigenvalue weighted by Crippen LogP contribution is -2.34. The van der Waals surface area contributed by atoms with Gasteiger partial charge in [0.25, 0.3) is 0 Å². The van der Waals surface area contributed by atoms with Crippen LogP contribution in [0.2, 0.25) is 0 Å². The van der Waals surface area contributed by atoms with E-state index in [0.29, 0.717) is 0 Å². The first-order valence-corrected chi connectivity index (χ1v) is 6.50. The van der Waals surface area contributed by atoms with Crippen molar-refractivity contribution in [1.29, 1.82) is 0 Å². The van der Waals surface area contributed by atoms with Gasteiger partial charge in [-0.2, -0.15) is 0 Å². The topological polar surface area (TPSA) is 41.3 Å². The highest BCUT2D eigenvalue weighted by molar-refractivity contribution is 4.95. The zero-order valence-electron chi connectivity index (χ0n) is 9.91. The van der Waals surface area contributed by atoms with E-state index in [4.69, 9.17) is 5.73 Å². The number of nitrogens with two attached hydrogens (primary N) is 1. The summed E-state index contributed by atoms with van der Waals surface area (Å²) in [6.07, 6.45) is 6.58. The summed E-state index contributed by atoms with van der Waals surface area (Å²) in [6, 6.07) is 2.46. The Morgan fingerprint density at radius 2 is 2.13 bits per heavy atom. The molecule has 0 aromatic heterocycles. The fourth-order valence-corrected chi connectivity index (χ4v) is 2.69. The maximum atomic E-state index is 5.48. The van der Waals surface area contributed by atoms with Gasteiger partial charge in [0, 0.05) is 24.7 Å². The summed E-state index contributed by atoms with van der Waals surface area (Å²) in [5, 5.41) is 3.66. The van der Waals surface area contributed by atoms with E-state index in [1.807, 2.05) is 0 Å². The molecule has 3 heteroatoms. The molecule has 2 fully saturated rings. The van der Waals surface area contributed by atoms with Crippen LogP contribution in [0.25, 0.3) is 0 Å². The Balaban J connectivity index is 1.63. The Morgan fingerprint density at radius 3 is 2.80 bits per heavy atom. The number of hydrogen-bond acceptors (Lipinski definition) is 3. The van der Waals surface area contributed by atoms with Gasteiger partial charge in [0.1, 0.15) is 0 Å². The van der Waals surface area contributed by atoms with E-state index in [0.717, 1.165) is 37.6 Å². The summed E-state index contributed by atoms with van der Waals surface area (Å²) in [5.74, 6) is 0.